The number of alkyl halides is 2. The van der Waals surface area contributed by atoms with Gasteiger partial charge in [-0.15, -0.1) is 23.2 Å². The van der Waals surface area contributed by atoms with Gasteiger partial charge in [-0.05, 0) is 24.6 Å². The van der Waals surface area contributed by atoms with Crippen LogP contribution in [0.3, 0.4) is 0 Å². The maximum absolute atomic E-state index is 11.8. The van der Waals surface area contributed by atoms with E-state index in [0.717, 1.165) is 5.56 Å². The third-order valence-electron chi connectivity index (χ3n) is 3.97. The van der Waals surface area contributed by atoms with Crippen LogP contribution in [0.15, 0.2) is 18.2 Å². The first kappa shape index (κ1) is 16.2. The van der Waals surface area contributed by atoms with Crippen molar-refractivity contribution in [3.05, 3.63) is 23.8 Å². The largest absolute Gasteiger partial charge is 0.455 e. The molecule has 8 heteroatoms. The molecule has 124 valence electrons. The topological polar surface area (TPSA) is 73.9 Å². The number of carbonyl (C=O) groups is 2. The lowest BCUT2D eigenvalue weighted by atomic mass is 10.1. The van der Waals surface area contributed by atoms with E-state index >= 15 is 0 Å². The van der Waals surface area contributed by atoms with Gasteiger partial charge in [0.1, 0.15) is 9.75 Å². The predicted octanol–water partition coefficient (Wildman–Crippen LogP) is 2.16. The standard InChI is InChI=1S/C15H15Cl2NO5/c1-14(7-15(14,16)17)13(20)21-6-12(19)18-5-9-2-3-10-11(4-9)23-8-22-10/h2-4H,5-8H2,1H3,(H,18,19)/t14-/m0/s1. The monoisotopic (exact) mass is 359 g/mol. The summed E-state index contributed by atoms with van der Waals surface area (Å²) in [6, 6.07) is 5.38. The molecule has 1 fully saturated rings. The van der Waals surface area contributed by atoms with Crippen molar-refractivity contribution in [2.75, 3.05) is 13.4 Å². The predicted molar refractivity (Wildman–Crippen MR) is 82.5 cm³/mol. The average Bonchev–Trinajstić information content (AvgIpc) is 2.88. The Morgan fingerprint density at radius 1 is 1.30 bits per heavy atom. The Hall–Kier alpha value is -1.66. The van der Waals surface area contributed by atoms with E-state index in [0.29, 0.717) is 24.5 Å². The van der Waals surface area contributed by atoms with E-state index in [1.165, 1.54) is 0 Å². The Labute approximate surface area is 143 Å². The van der Waals surface area contributed by atoms with Crippen LogP contribution in [0, 0.1) is 5.41 Å². The number of halogens is 2. The normalized spacial score (nSPS) is 23.3. The molecule has 1 heterocycles. The van der Waals surface area contributed by atoms with Gasteiger partial charge in [0.15, 0.2) is 18.1 Å². The van der Waals surface area contributed by atoms with Gasteiger partial charge in [-0.2, -0.15) is 0 Å². The smallest absolute Gasteiger partial charge is 0.315 e. The number of hydrogen-bond donors (Lipinski definition) is 1. The molecule has 1 aliphatic carbocycles. The van der Waals surface area contributed by atoms with Crippen LogP contribution in [0.2, 0.25) is 0 Å². The fourth-order valence-corrected chi connectivity index (χ4v) is 2.90. The van der Waals surface area contributed by atoms with Gasteiger partial charge in [-0.25, -0.2) is 0 Å². The molecule has 0 bridgehead atoms. The fourth-order valence-electron chi connectivity index (χ4n) is 2.21. The Kier molecular flexibility index (Phi) is 4.06. The molecular formula is C15H15Cl2NO5. The van der Waals surface area contributed by atoms with Gasteiger partial charge in [-0.1, -0.05) is 6.07 Å². The average molecular weight is 360 g/mol. The zero-order valence-electron chi connectivity index (χ0n) is 12.4. The van der Waals surface area contributed by atoms with Crippen LogP contribution in [-0.2, 0) is 20.9 Å². The van der Waals surface area contributed by atoms with Crippen molar-refractivity contribution in [3.63, 3.8) is 0 Å². The number of carbonyl (C=O) groups excluding carboxylic acids is 2. The van der Waals surface area contributed by atoms with Crippen LogP contribution < -0.4 is 14.8 Å². The maximum atomic E-state index is 11.8. The van der Waals surface area contributed by atoms with E-state index in [2.05, 4.69) is 5.32 Å². The van der Waals surface area contributed by atoms with Crippen molar-refractivity contribution < 1.29 is 23.8 Å². The maximum Gasteiger partial charge on any atom is 0.315 e. The lowest BCUT2D eigenvalue weighted by Crippen LogP contribution is -2.31. The minimum Gasteiger partial charge on any atom is -0.455 e. The molecule has 0 unspecified atom stereocenters. The summed E-state index contributed by atoms with van der Waals surface area (Å²) in [5.41, 5.74) is -0.0862. The molecule has 1 saturated carbocycles. The van der Waals surface area contributed by atoms with Crippen molar-refractivity contribution in [3.8, 4) is 11.5 Å². The van der Waals surface area contributed by atoms with Crippen molar-refractivity contribution in [2.45, 2.75) is 24.2 Å². The molecule has 3 rings (SSSR count). The highest BCUT2D eigenvalue weighted by molar-refractivity contribution is 6.53. The zero-order valence-corrected chi connectivity index (χ0v) is 13.9. The van der Waals surface area contributed by atoms with Gasteiger partial charge >= 0.3 is 5.97 Å². The highest BCUT2D eigenvalue weighted by atomic mass is 35.5. The number of nitrogens with one attached hydrogen (secondary N) is 1. The van der Waals surface area contributed by atoms with Crippen molar-refractivity contribution >= 4 is 35.1 Å². The Morgan fingerprint density at radius 2 is 2.00 bits per heavy atom. The number of ether oxygens (including phenoxy) is 3. The highest BCUT2D eigenvalue weighted by Crippen LogP contribution is 2.64. The van der Waals surface area contributed by atoms with Crippen LogP contribution in [0.25, 0.3) is 0 Å². The van der Waals surface area contributed by atoms with Gasteiger partial charge in [0.2, 0.25) is 6.79 Å². The van der Waals surface area contributed by atoms with Crippen LogP contribution in [0.4, 0.5) is 0 Å². The molecule has 0 aromatic heterocycles. The number of benzene rings is 1. The molecule has 23 heavy (non-hydrogen) atoms. The number of fused-ring (bicyclic) bond motifs is 1. The number of esters is 1. The molecule has 0 radical (unpaired) electrons. The molecule has 1 atom stereocenters. The molecule has 2 aliphatic rings. The van der Waals surface area contributed by atoms with Crippen LogP contribution in [0.1, 0.15) is 18.9 Å². The molecule has 6 nitrogen and oxygen atoms in total. The van der Waals surface area contributed by atoms with E-state index in [9.17, 15) is 9.59 Å². The van der Waals surface area contributed by atoms with Crippen LogP contribution in [-0.4, -0.2) is 29.6 Å². The second-order valence-electron chi connectivity index (χ2n) is 5.75. The second-order valence-corrected chi connectivity index (χ2v) is 7.24. The van der Waals surface area contributed by atoms with Gasteiger partial charge in [-0.3, -0.25) is 9.59 Å². The number of hydrogen-bond acceptors (Lipinski definition) is 5. The summed E-state index contributed by atoms with van der Waals surface area (Å²) in [5, 5.41) is 2.66. The number of amides is 1. The molecule has 1 aromatic carbocycles. The first-order chi connectivity index (χ1) is 10.8. The molecule has 0 spiro atoms. The van der Waals surface area contributed by atoms with E-state index in [4.69, 9.17) is 37.4 Å². The van der Waals surface area contributed by atoms with E-state index in [1.807, 2.05) is 6.07 Å². The third kappa shape index (κ3) is 3.19. The zero-order chi connectivity index (χ0) is 16.7. The van der Waals surface area contributed by atoms with Gasteiger partial charge in [0.25, 0.3) is 5.91 Å². The second kappa shape index (κ2) is 5.76. The van der Waals surface area contributed by atoms with Gasteiger partial charge < -0.3 is 19.5 Å². The number of rotatable bonds is 5. The van der Waals surface area contributed by atoms with Crippen LogP contribution >= 0.6 is 23.2 Å². The van der Waals surface area contributed by atoms with E-state index < -0.39 is 21.6 Å². The summed E-state index contributed by atoms with van der Waals surface area (Å²) in [6.45, 7) is 1.73. The minimum atomic E-state index is -1.10. The van der Waals surface area contributed by atoms with E-state index in [-0.39, 0.29) is 13.4 Å². The van der Waals surface area contributed by atoms with Crippen molar-refractivity contribution in [1.29, 1.82) is 0 Å². The molecule has 1 N–H and O–H groups in total. The lowest BCUT2D eigenvalue weighted by molar-refractivity contribution is -0.153. The van der Waals surface area contributed by atoms with Crippen molar-refractivity contribution in [2.24, 2.45) is 5.41 Å². The summed E-state index contributed by atoms with van der Waals surface area (Å²) >= 11 is 11.8. The quantitative estimate of drug-likeness (QED) is 0.644. The molecule has 0 saturated heterocycles. The minimum absolute atomic E-state index is 0.197. The lowest BCUT2D eigenvalue weighted by Gasteiger charge is -2.12. The van der Waals surface area contributed by atoms with Gasteiger partial charge in [0.05, 0.1) is 0 Å². The van der Waals surface area contributed by atoms with Crippen molar-refractivity contribution in [1.82, 2.24) is 5.32 Å². The van der Waals surface area contributed by atoms with Crippen LogP contribution in [0.5, 0.6) is 11.5 Å². The Bertz CT molecular complexity index is 663. The van der Waals surface area contributed by atoms with Gasteiger partial charge in [0, 0.05) is 13.0 Å². The molecule has 1 amide bonds. The summed E-state index contributed by atoms with van der Waals surface area (Å²) in [6.07, 6.45) is 0.320. The molecular weight excluding hydrogens is 345 g/mol. The Morgan fingerprint density at radius 3 is 2.70 bits per heavy atom. The summed E-state index contributed by atoms with van der Waals surface area (Å²) in [5.74, 6) is 0.346. The Balaban J connectivity index is 1.44. The third-order valence-corrected chi connectivity index (χ3v) is 5.07. The summed E-state index contributed by atoms with van der Waals surface area (Å²) in [7, 11) is 0. The summed E-state index contributed by atoms with van der Waals surface area (Å²) < 4.78 is 14.3. The molecule has 1 aromatic rings. The van der Waals surface area contributed by atoms with E-state index in [1.54, 1.807) is 19.1 Å². The summed E-state index contributed by atoms with van der Waals surface area (Å²) in [4.78, 5) is 23.6. The first-order valence-corrected chi connectivity index (χ1v) is 7.78. The first-order valence-electron chi connectivity index (χ1n) is 7.02. The fraction of sp³-hybridized carbons (Fsp3) is 0.467. The highest BCUT2D eigenvalue weighted by Gasteiger charge is 2.69. The molecule has 1 aliphatic heterocycles. The SMILES string of the molecule is C[C@@]1(C(=O)OCC(=O)NCc2ccc3c(c2)OCO3)CC1(Cl)Cl.